The SMILES string of the molecule is CC(=O)NC[N+]1([O-])CCOCC1. The number of carbonyl (C=O) groups is 1. The zero-order valence-electron chi connectivity index (χ0n) is 7.21. The Bertz CT molecular complexity index is 166. The maximum atomic E-state index is 11.7. The molecule has 1 rings (SSSR count). The third kappa shape index (κ3) is 2.77. The Balaban J connectivity index is 2.31. The fourth-order valence-corrected chi connectivity index (χ4v) is 1.09. The molecule has 5 nitrogen and oxygen atoms in total. The van der Waals surface area contributed by atoms with Crippen LogP contribution in [0.5, 0.6) is 0 Å². The van der Waals surface area contributed by atoms with Crippen molar-refractivity contribution in [2.75, 3.05) is 33.0 Å². The number of hydrogen-bond acceptors (Lipinski definition) is 3. The van der Waals surface area contributed by atoms with Crippen LogP contribution in [-0.4, -0.2) is 43.5 Å². The standard InChI is InChI=1S/C7H14N2O3/c1-7(10)8-6-9(11)2-4-12-5-3-9/h2-6H2,1H3,(H,8,10). The maximum Gasteiger partial charge on any atom is 0.221 e. The molecule has 0 aromatic carbocycles. The molecular formula is C7H14N2O3. The van der Waals surface area contributed by atoms with Crippen LogP contribution in [-0.2, 0) is 9.53 Å². The molecule has 0 saturated carbocycles. The van der Waals surface area contributed by atoms with Crippen molar-refractivity contribution in [3.63, 3.8) is 0 Å². The lowest BCUT2D eigenvalue weighted by Crippen LogP contribution is -2.55. The predicted molar refractivity (Wildman–Crippen MR) is 42.9 cm³/mol. The number of amides is 1. The number of nitrogens with zero attached hydrogens (tertiary/aromatic N) is 1. The van der Waals surface area contributed by atoms with E-state index in [1.54, 1.807) is 0 Å². The van der Waals surface area contributed by atoms with Gasteiger partial charge >= 0.3 is 0 Å². The zero-order valence-corrected chi connectivity index (χ0v) is 7.21. The van der Waals surface area contributed by atoms with Crippen molar-refractivity contribution in [1.82, 2.24) is 5.32 Å². The lowest BCUT2D eigenvalue weighted by atomic mass is 10.4. The van der Waals surface area contributed by atoms with Gasteiger partial charge in [-0.1, -0.05) is 0 Å². The van der Waals surface area contributed by atoms with Gasteiger partial charge in [-0.3, -0.25) is 4.79 Å². The van der Waals surface area contributed by atoms with E-state index in [1.165, 1.54) is 6.92 Å². The van der Waals surface area contributed by atoms with Gasteiger partial charge in [-0.15, -0.1) is 0 Å². The number of nitrogens with one attached hydrogen (secondary N) is 1. The van der Waals surface area contributed by atoms with E-state index < -0.39 is 0 Å². The largest absolute Gasteiger partial charge is 0.631 e. The summed E-state index contributed by atoms with van der Waals surface area (Å²) in [7, 11) is 0. The van der Waals surface area contributed by atoms with Crippen LogP contribution in [0.2, 0.25) is 0 Å². The summed E-state index contributed by atoms with van der Waals surface area (Å²) in [6.07, 6.45) is 0. The third-order valence-electron chi connectivity index (χ3n) is 1.90. The van der Waals surface area contributed by atoms with Gasteiger partial charge in [0.05, 0.1) is 13.2 Å². The highest BCUT2D eigenvalue weighted by Crippen LogP contribution is 2.06. The molecule has 1 aliphatic rings. The van der Waals surface area contributed by atoms with Crippen LogP contribution in [0.25, 0.3) is 0 Å². The van der Waals surface area contributed by atoms with Gasteiger partial charge < -0.3 is 19.9 Å². The lowest BCUT2D eigenvalue weighted by Gasteiger charge is -2.44. The van der Waals surface area contributed by atoms with E-state index >= 15 is 0 Å². The quantitative estimate of drug-likeness (QED) is 0.450. The average molecular weight is 174 g/mol. The highest BCUT2D eigenvalue weighted by Gasteiger charge is 2.20. The molecule has 1 fully saturated rings. The van der Waals surface area contributed by atoms with Crippen molar-refractivity contribution in [3.05, 3.63) is 5.21 Å². The summed E-state index contributed by atoms with van der Waals surface area (Å²) < 4.78 is 4.68. The fraction of sp³-hybridized carbons (Fsp3) is 0.857. The van der Waals surface area contributed by atoms with Crippen LogP contribution >= 0.6 is 0 Å². The van der Waals surface area contributed by atoms with E-state index in [-0.39, 0.29) is 17.2 Å². The van der Waals surface area contributed by atoms with Crippen molar-refractivity contribution in [2.45, 2.75) is 6.92 Å². The van der Waals surface area contributed by atoms with Crippen LogP contribution in [0.15, 0.2) is 0 Å². The average Bonchev–Trinajstić information content (AvgIpc) is 2.03. The normalized spacial score (nSPS) is 21.8. The van der Waals surface area contributed by atoms with Crippen molar-refractivity contribution >= 4 is 5.91 Å². The lowest BCUT2D eigenvalue weighted by molar-refractivity contribution is -0.890. The van der Waals surface area contributed by atoms with Crippen LogP contribution < -0.4 is 5.32 Å². The number of hydrogen-bond donors (Lipinski definition) is 1. The molecule has 1 heterocycles. The van der Waals surface area contributed by atoms with Gasteiger partial charge in [0.15, 0.2) is 6.67 Å². The van der Waals surface area contributed by atoms with E-state index in [0.717, 1.165) is 0 Å². The summed E-state index contributed by atoms with van der Waals surface area (Å²) in [5, 5.41) is 14.2. The molecule has 1 aliphatic heterocycles. The van der Waals surface area contributed by atoms with Gasteiger partial charge in [0.25, 0.3) is 0 Å². The Morgan fingerprint density at radius 3 is 2.67 bits per heavy atom. The highest BCUT2D eigenvalue weighted by molar-refractivity contribution is 5.72. The molecule has 0 atom stereocenters. The minimum Gasteiger partial charge on any atom is -0.631 e. The van der Waals surface area contributed by atoms with Crippen molar-refractivity contribution < 1.29 is 14.2 Å². The fourth-order valence-electron chi connectivity index (χ4n) is 1.09. The molecule has 0 bridgehead atoms. The molecule has 1 amide bonds. The summed E-state index contributed by atoms with van der Waals surface area (Å²) in [5.74, 6) is -0.158. The number of morpholine rings is 1. The molecule has 0 aromatic heterocycles. The summed E-state index contributed by atoms with van der Waals surface area (Å²) in [6, 6.07) is 0. The molecule has 0 spiro atoms. The Kier molecular flexibility index (Phi) is 3.02. The van der Waals surface area contributed by atoms with Crippen molar-refractivity contribution in [2.24, 2.45) is 0 Å². The van der Waals surface area contributed by atoms with Crippen molar-refractivity contribution in [3.8, 4) is 0 Å². The first-order chi connectivity index (χ1) is 5.62. The minimum absolute atomic E-state index is 0.158. The second-order valence-electron chi connectivity index (χ2n) is 3.01. The molecule has 0 aliphatic carbocycles. The Labute approximate surface area is 71.5 Å². The third-order valence-corrected chi connectivity index (χ3v) is 1.90. The van der Waals surface area contributed by atoms with E-state index in [2.05, 4.69) is 5.32 Å². The van der Waals surface area contributed by atoms with E-state index in [9.17, 15) is 10.0 Å². The van der Waals surface area contributed by atoms with Gasteiger partial charge in [-0.25, -0.2) is 0 Å². The topological polar surface area (TPSA) is 61.4 Å². The Hall–Kier alpha value is -0.650. The smallest absolute Gasteiger partial charge is 0.221 e. The predicted octanol–water partition coefficient (Wildman–Crippen LogP) is -0.575. The van der Waals surface area contributed by atoms with Crippen LogP contribution in [0.4, 0.5) is 0 Å². The number of ether oxygens (including phenoxy) is 1. The summed E-state index contributed by atoms with van der Waals surface area (Å²) in [6.45, 7) is 3.41. The second-order valence-corrected chi connectivity index (χ2v) is 3.01. The highest BCUT2D eigenvalue weighted by atomic mass is 16.6. The molecule has 0 radical (unpaired) electrons. The number of carbonyl (C=O) groups excluding carboxylic acids is 1. The maximum absolute atomic E-state index is 11.7. The number of quaternary nitrogens is 1. The van der Waals surface area contributed by atoms with E-state index in [0.29, 0.717) is 26.3 Å². The van der Waals surface area contributed by atoms with Crippen LogP contribution in [0.3, 0.4) is 0 Å². The van der Waals surface area contributed by atoms with Crippen molar-refractivity contribution in [1.29, 1.82) is 0 Å². The second kappa shape index (κ2) is 3.84. The molecule has 0 unspecified atom stereocenters. The summed E-state index contributed by atoms with van der Waals surface area (Å²) >= 11 is 0. The Morgan fingerprint density at radius 1 is 1.58 bits per heavy atom. The van der Waals surface area contributed by atoms with Gasteiger partial charge in [0.1, 0.15) is 13.1 Å². The van der Waals surface area contributed by atoms with Crippen LogP contribution in [0.1, 0.15) is 6.92 Å². The first kappa shape index (κ1) is 9.44. The van der Waals surface area contributed by atoms with Crippen LogP contribution in [0, 0.1) is 5.21 Å². The number of hydroxylamine groups is 3. The Morgan fingerprint density at radius 2 is 2.17 bits per heavy atom. The monoisotopic (exact) mass is 174 g/mol. The zero-order chi connectivity index (χ0) is 9.03. The van der Waals surface area contributed by atoms with Gasteiger partial charge in [-0.05, 0) is 0 Å². The van der Waals surface area contributed by atoms with Gasteiger partial charge in [0, 0.05) is 6.92 Å². The number of rotatable bonds is 2. The molecule has 70 valence electrons. The summed E-state index contributed by atoms with van der Waals surface area (Å²) in [5.41, 5.74) is 0. The molecule has 12 heavy (non-hydrogen) atoms. The van der Waals surface area contributed by atoms with Gasteiger partial charge in [0.2, 0.25) is 5.91 Å². The minimum atomic E-state index is -0.362. The first-order valence-electron chi connectivity index (χ1n) is 4.02. The molecule has 0 aromatic rings. The first-order valence-corrected chi connectivity index (χ1v) is 4.02. The summed E-state index contributed by atoms with van der Waals surface area (Å²) in [4.78, 5) is 10.5. The van der Waals surface area contributed by atoms with E-state index in [4.69, 9.17) is 4.74 Å². The molecule has 5 heteroatoms. The van der Waals surface area contributed by atoms with E-state index in [1.807, 2.05) is 0 Å². The molecule has 1 N–H and O–H groups in total. The molecule has 1 saturated heterocycles. The molecular weight excluding hydrogens is 160 g/mol. The van der Waals surface area contributed by atoms with Gasteiger partial charge in [-0.2, -0.15) is 0 Å².